The van der Waals surface area contributed by atoms with Crippen molar-refractivity contribution in [3.8, 4) is 5.75 Å². The summed E-state index contributed by atoms with van der Waals surface area (Å²) in [6, 6.07) is 8.43. The first kappa shape index (κ1) is 16.1. The number of benzene rings is 1. The minimum absolute atomic E-state index is 0.117. The quantitative estimate of drug-likeness (QED) is 0.888. The van der Waals surface area contributed by atoms with E-state index in [9.17, 15) is 0 Å². The third-order valence-corrected chi connectivity index (χ3v) is 6.86. The van der Waals surface area contributed by atoms with Gasteiger partial charge in [-0.2, -0.15) is 23.5 Å². The van der Waals surface area contributed by atoms with Crippen LogP contribution in [0, 0.1) is 0 Å². The maximum atomic E-state index is 6.51. The van der Waals surface area contributed by atoms with Gasteiger partial charge in [-0.25, -0.2) is 0 Å². The topological polar surface area (TPSA) is 35.2 Å². The van der Waals surface area contributed by atoms with Crippen molar-refractivity contribution in [2.24, 2.45) is 5.73 Å². The van der Waals surface area contributed by atoms with Gasteiger partial charge >= 0.3 is 0 Å². The largest absolute Gasteiger partial charge is 0.491 e. The van der Waals surface area contributed by atoms with Crippen molar-refractivity contribution in [1.82, 2.24) is 0 Å². The monoisotopic (exact) mass is 311 g/mol. The van der Waals surface area contributed by atoms with Gasteiger partial charge in [-0.15, -0.1) is 0 Å². The molecule has 1 aromatic rings. The fourth-order valence-corrected chi connectivity index (χ4v) is 5.68. The van der Waals surface area contributed by atoms with Gasteiger partial charge in [0.05, 0.1) is 6.10 Å². The summed E-state index contributed by atoms with van der Waals surface area (Å²) in [6.07, 6.45) is 1.41. The fourth-order valence-electron chi connectivity index (χ4n) is 2.50. The second kappa shape index (κ2) is 7.62. The molecule has 2 rings (SSSR count). The van der Waals surface area contributed by atoms with Gasteiger partial charge in [-0.05, 0) is 38.0 Å². The van der Waals surface area contributed by atoms with Crippen molar-refractivity contribution in [2.45, 2.75) is 49.8 Å². The molecule has 1 fully saturated rings. The molecule has 0 amide bonds. The molecule has 20 heavy (non-hydrogen) atoms. The van der Waals surface area contributed by atoms with E-state index in [0.717, 1.165) is 5.75 Å². The van der Waals surface area contributed by atoms with Crippen LogP contribution < -0.4 is 10.5 Å². The predicted molar refractivity (Wildman–Crippen MR) is 91.9 cm³/mol. The summed E-state index contributed by atoms with van der Waals surface area (Å²) >= 11 is 4.12. The number of thioether (sulfide) groups is 2. The van der Waals surface area contributed by atoms with Gasteiger partial charge < -0.3 is 10.5 Å². The Morgan fingerprint density at radius 3 is 2.45 bits per heavy atom. The zero-order valence-corrected chi connectivity index (χ0v) is 14.2. The smallest absolute Gasteiger partial charge is 0.119 e. The molecule has 0 saturated carbocycles. The normalized spacial score (nSPS) is 24.6. The summed E-state index contributed by atoms with van der Waals surface area (Å²) in [6.45, 7) is 6.35. The molecule has 3 unspecified atom stereocenters. The number of rotatable bonds is 5. The molecule has 2 N–H and O–H groups in total. The Morgan fingerprint density at radius 2 is 1.85 bits per heavy atom. The van der Waals surface area contributed by atoms with E-state index < -0.39 is 0 Å². The van der Waals surface area contributed by atoms with Crippen LogP contribution in [0.3, 0.4) is 0 Å². The van der Waals surface area contributed by atoms with Crippen LogP contribution in [0.4, 0.5) is 0 Å². The van der Waals surface area contributed by atoms with Gasteiger partial charge in [0.15, 0.2) is 0 Å². The van der Waals surface area contributed by atoms with Gasteiger partial charge in [-0.3, -0.25) is 0 Å². The van der Waals surface area contributed by atoms with Crippen molar-refractivity contribution < 1.29 is 4.74 Å². The van der Waals surface area contributed by atoms with E-state index in [-0.39, 0.29) is 12.1 Å². The van der Waals surface area contributed by atoms with Crippen LogP contribution in [-0.4, -0.2) is 28.1 Å². The maximum Gasteiger partial charge on any atom is 0.119 e. The molecule has 0 spiro atoms. The van der Waals surface area contributed by atoms with E-state index >= 15 is 0 Å². The fraction of sp³-hybridized carbons (Fsp3) is 0.625. The van der Waals surface area contributed by atoms with Crippen molar-refractivity contribution in [1.29, 1.82) is 0 Å². The molecule has 0 aromatic heterocycles. The number of nitrogens with two attached hydrogens (primary N) is 1. The molecule has 1 aliphatic heterocycles. The highest BCUT2D eigenvalue weighted by molar-refractivity contribution is 8.07. The molecule has 0 bridgehead atoms. The third-order valence-electron chi connectivity index (χ3n) is 3.49. The van der Waals surface area contributed by atoms with E-state index in [1.807, 2.05) is 37.7 Å². The lowest BCUT2D eigenvalue weighted by Crippen LogP contribution is -2.35. The number of ether oxygens (including phenoxy) is 1. The minimum atomic E-state index is 0.117. The molecule has 0 radical (unpaired) electrons. The summed E-state index contributed by atoms with van der Waals surface area (Å²) < 4.78 is 5.69. The average Bonchev–Trinajstić information content (AvgIpc) is 2.46. The summed E-state index contributed by atoms with van der Waals surface area (Å²) in [5.41, 5.74) is 7.73. The number of hydrogen-bond donors (Lipinski definition) is 1. The number of hydrogen-bond acceptors (Lipinski definition) is 4. The van der Waals surface area contributed by atoms with Gasteiger partial charge in [0.1, 0.15) is 5.75 Å². The van der Waals surface area contributed by atoms with Gasteiger partial charge in [0, 0.05) is 28.0 Å². The lowest BCUT2D eigenvalue weighted by atomic mass is 10.0. The average molecular weight is 312 g/mol. The lowest BCUT2D eigenvalue weighted by Gasteiger charge is -2.34. The zero-order valence-electron chi connectivity index (χ0n) is 12.5. The first-order valence-corrected chi connectivity index (χ1v) is 9.47. The Bertz CT molecular complexity index is 407. The van der Waals surface area contributed by atoms with Crippen molar-refractivity contribution >= 4 is 23.5 Å². The Hall–Kier alpha value is -0.320. The minimum Gasteiger partial charge on any atom is -0.491 e. The highest BCUT2D eigenvalue weighted by Crippen LogP contribution is 2.39. The van der Waals surface area contributed by atoms with E-state index in [1.54, 1.807) is 0 Å². The van der Waals surface area contributed by atoms with Crippen molar-refractivity contribution in [3.63, 3.8) is 0 Å². The molecule has 2 nitrogen and oxygen atoms in total. The lowest BCUT2D eigenvalue weighted by molar-refractivity contribution is 0.242. The molecule has 1 heterocycles. The van der Waals surface area contributed by atoms with Gasteiger partial charge in [0.2, 0.25) is 0 Å². The molecule has 1 aromatic carbocycles. The molecule has 3 atom stereocenters. The van der Waals surface area contributed by atoms with Gasteiger partial charge in [0.25, 0.3) is 0 Å². The molecule has 112 valence electrons. The highest BCUT2D eigenvalue weighted by Gasteiger charge is 2.30. The summed E-state index contributed by atoms with van der Waals surface area (Å²) in [5.74, 6) is 3.40. The van der Waals surface area contributed by atoms with Crippen molar-refractivity contribution in [3.05, 3.63) is 29.8 Å². The van der Waals surface area contributed by atoms with E-state index in [4.69, 9.17) is 10.5 Å². The Morgan fingerprint density at radius 1 is 1.20 bits per heavy atom. The summed E-state index contributed by atoms with van der Waals surface area (Å²) in [4.78, 5) is 0. The second-order valence-corrected chi connectivity index (χ2v) is 8.05. The maximum absolute atomic E-state index is 6.51. The highest BCUT2D eigenvalue weighted by atomic mass is 32.2. The Labute approximate surface area is 131 Å². The van der Waals surface area contributed by atoms with Gasteiger partial charge in [-0.1, -0.05) is 19.1 Å². The summed E-state index contributed by atoms with van der Waals surface area (Å²) in [7, 11) is 0. The predicted octanol–water partition coefficient (Wildman–Crippen LogP) is 4.10. The van der Waals surface area contributed by atoms with Crippen LogP contribution in [0.1, 0.15) is 38.8 Å². The first-order chi connectivity index (χ1) is 9.61. The molecular weight excluding hydrogens is 286 g/mol. The Balaban J connectivity index is 2.05. The van der Waals surface area contributed by atoms with Crippen LogP contribution in [-0.2, 0) is 0 Å². The molecule has 1 saturated heterocycles. The first-order valence-electron chi connectivity index (χ1n) is 7.37. The van der Waals surface area contributed by atoms with Crippen LogP contribution in [0.25, 0.3) is 0 Å². The molecule has 4 heteroatoms. The molecule has 0 aliphatic carbocycles. The van der Waals surface area contributed by atoms with E-state index in [2.05, 4.69) is 30.8 Å². The van der Waals surface area contributed by atoms with E-state index in [0.29, 0.717) is 10.5 Å². The standard InChI is InChI=1S/C16H25NOS2/c1-4-14-16(20-10-9-19-14)15(17)12-5-7-13(8-6-12)18-11(2)3/h5-8,11,14-16H,4,9-10,17H2,1-3H3. The zero-order chi connectivity index (χ0) is 14.5. The van der Waals surface area contributed by atoms with Crippen LogP contribution >= 0.6 is 23.5 Å². The van der Waals surface area contributed by atoms with Crippen molar-refractivity contribution in [2.75, 3.05) is 11.5 Å². The third kappa shape index (κ3) is 4.09. The second-order valence-electron chi connectivity index (χ2n) is 5.41. The van der Waals surface area contributed by atoms with Crippen LogP contribution in [0.2, 0.25) is 0 Å². The van der Waals surface area contributed by atoms with Crippen LogP contribution in [0.15, 0.2) is 24.3 Å². The SMILES string of the molecule is CCC1SCCSC1C(N)c1ccc(OC(C)C)cc1. The Kier molecular flexibility index (Phi) is 6.12. The molecular formula is C16H25NOS2. The molecule has 1 aliphatic rings. The van der Waals surface area contributed by atoms with E-state index in [1.165, 1.54) is 23.5 Å². The van der Waals surface area contributed by atoms with Crippen LogP contribution in [0.5, 0.6) is 5.75 Å². The summed E-state index contributed by atoms with van der Waals surface area (Å²) in [5, 5.41) is 1.20.